The maximum Gasteiger partial charge on any atom is 0.118 e. The standard InChI is InChI=1S/C18H30N2O/c1-13-16(8-17(21-13)9-19-18(2,3)4)12-20-10-14-6-5-7-15(14)11-20/h8,14-15,19H,5-7,9-12H2,1-4H3. The molecule has 0 spiro atoms. The van der Waals surface area contributed by atoms with Crippen LogP contribution in [0.15, 0.2) is 10.5 Å². The van der Waals surface area contributed by atoms with Gasteiger partial charge in [-0.2, -0.15) is 0 Å². The molecule has 1 saturated heterocycles. The lowest BCUT2D eigenvalue weighted by Gasteiger charge is -2.19. The first-order chi connectivity index (χ1) is 9.90. The lowest BCUT2D eigenvalue weighted by molar-refractivity contribution is 0.301. The first-order valence-corrected chi connectivity index (χ1v) is 8.46. The van der Waals surface area contributed by atoms with Crippen molar-refractivity contribution < 1.29 is 4.42 Å². The second-order valence-electron chi connectivity index (χ2n) is 8.04. The van der Waals surface area contributed by atoms with Gasteiger partial charge >= 0.3 is 0 Å². The van der Waals surface area contributed by atoms with Crippen molar-refractivity contribution in [2.24, 2.45) is 11.8 Å². The fraction of sp³-hybridized carbons (Fsp3) is 0.778. The van der Waals surface area contributed by atoms with Crippen molar-refractivity contribution in [3.63, 3.8) is 0 Å². The number of furan rings is 1. The summed E-state index contributed by atoms with van der Waals surface area (Å²) in [6.07, 6.45) is 4.36. The molecule has 1 aliphatic carbocycles. The van der Waals surface area contributed by atoms with Crippen LogP contribution in [0.25, 0.3) is 0 Å². The summed E-state index contributed by atoms with van der Waals surface area (Å²) < 4.78 is 5.93. The highest BCUT2D eigenvalue weighted by atomic mass is 16.3. The number of rotatable bonds is 4. The van der Waals surface area contributed by atoms with Crippen LogP contribution in [0.4, 0.5) is 0 Å². The van der Waals surface area contributed by atoms with Gasteiger partial charge in [0.2, 0.25) is 0 Å². The Hall–Kier alpha value is -0.800. The topological polar surface area (TPSA) is 28.4 Å². The SMILES string of the molecule is Cc1oc(CNC(C)(C)C)cc1CN1CC2CCCC2C1. The number of nitrogens with zero attached hydrogens (tertiary/aromatic N) is 1. The fourth-order valence-corrected chi connectivity index (χ4v) is 3.89. The van der Waals surface area contributed by atoms with Crippen molar-refractivity contribution in [3.05, 3.63) is 23.2 Å². The molecule has 118 valence electrons. The molecule has 2 unspecified atom stereocenters. The molecule has 1 N–H and O–H groups in total. The van der Waals surface area contributed by atoms with E-state index in [-0.39, 0.29) is 5.54 Å². The van der Waals surface area contributed by atoms with Crippen molar-refractivity contribution in [3.8, 4) is 0 Å². The minimum absolute atomic E-state index is 0.132. The van der Waals surface area contributed by atoms with E-state index in [1.807, 2.05) is 0 Å². The molecule has 1 saturated carbocycles. The van der Waals surface area contributed by atoms with Crippen LogP contribution in [0, 0.1) is 18.8 Å². The van der Waals surface area contributed by atoms with Gasteiger partial charge in [0.15, 0.2) is 0 Å². The zero-order chi connectivity index (χ0) is 15.0. The van der Waals surface area contributed by atoms with E-state index < -0.39 is 0 Å². The van der Waals surface area contributed by atoms with E-state index in [1.165, 1.54) is 37.9 Å². The molecule has 2 atom stereocenters. The Kier molecular flexibility index (Phi) is 4.15. The summed E-state index contributed by atoms with van der Waals surface area (Å²) in [5.41, 5.74) is 1.51. The van der Waals surface area contributed by atoms with Crippen LogP contribution < -0.4 is 5.32 Å². The highest BCUT2D eigenvalue weighted by Gasteiger charge is 2.36. The van der Waals surface area contributed by atoms with E-state index in [0.29, 0.717) is 0 Å². The van der Waals surface area contributed by atoms with E-state index in [2.05, 4.69) is 44.0 Å². The van der Waals surface area contributed by atoms with E-state index in [0.717, 1.165) is 36.4 Å². The summed E-state index contributed by atoms with van der Waals surface area (Å²) in [7, 11) is 0. The van der Waals surface area contributed by atoms with Gasteiger partial charge in [0.1, 0.15) is 11.5 Å². The lowest BCUT2D eigenvalue weighted by atomic mass is 10.0. The molecule has 21 heavy (non-hydrogen) atoms. The highest BCUT2D eigenvalue weighted by Crippen LogP contribution is 2.38. The van der Waals surface area contributed by atoms with Crippen LogP contribution in [0.5, 0.6) is 0 Å². The van der Waals surface area contributed by atoms with E-state index >= 15 is 0 Å². The molecular weight excluding hydrogens is 260 g/mol. The third-order valence-electron chi connectivity index (χ3n) is 5.06. The monoisotopic (exact) mass is 290 g/mol. The Morgan fingerprint density at radius 2 is 1.90 bits per heavy atom. The number of aryl methyl sites for hydroxylation is 1. The van der Waals surface area contributed by atoms with Gasteiger partial charge in [-0.15, -0.1) is 0 Å². The minimum Gasteiger partial charge on any atom is -0.465 e. The lowest BCUT2D eigenvalue weighted by Crippen LogP contribution is -2.34. The Bertz CT molecular complexity index is 474. The third-order valence-corrected chi connectivity index (χ3v) is 5.06. The summed E-state index contributed by atoms with van der Waals surface area (Å²) in [5, 5.41) is 3.50. The Morgan fingerprint density at radius 1 is 1.24 bits per heavy atom. The summed E-state index contributed by atoms with van der Waals surface area (Å²) in [5.74, 6) is 4.10. The Labute approximate surface area is 129 Å². The molecule has 0 bridgehead atoms. The predicted octanol–water partition coefficient (Wildman–Crippen LogP) is 3.71. The minimum atomic E-state index is 0.132. The van der Waals surface area contributed by atoms with Crippen molar-refractivity contribution in [1.29, 1.82) is 0 Å². The normalized spacial score (nSPS) is 26.5. The molecule has 3 rings (SSSR count). The molecule has 2 aliphatic rings. The van der Waals surface area contributed by atoms with Crippen molar-refractivity contribution in [1.82, 2.24) is 10.2 Å². The molecule has 3 nitrogen and oxygen atoms in total. The fourth-order valence-electron chi connectivity index (χ4n) is 3.89. The maximum absolute atomic E-state index is 5.93. The Balaban J connectivity index is 1.57. The molecule has 0 amide bonds. The second-order valence-corrected chi connectivity index (χ2v) is 8.04. The van der Waals surface area contributed by atoms with Crippen LogP contribution in [0.1, 0.15) is 57.1 Å². The van der Waals surface area contributed by atoms with Gasteiger partial charge in [-0.25, -0.2) is 0 Å². The smallest absolute Gasteiger partial charge is 0.118 e. The first-order valence-electron chi connectivity index (χ1n) is 8.46. The number of hydrogen-bond donors (Lipinski definition) is 1. The predicted molar refractivity (Wildman–Crippen MR) is 86.1 cm³/mol. The van der Waals surface area contributed by atoms with Gasteiger partial charge in [0.05, 0.1) is 6.54 Å². The van der Waals surface area contributed by atoms with Crippen LogP contribution in [-0.4, -0.2) is 23.5 Å². The number of likely N-dealkylation sites (tertiary alicyclic amines) is 1. The van der Waals surface area contributed by atoms with Gasteiger partial charge in [0, 0.05) is 30.7 Å². The third kappa shape index (κ3) is 3.70. The second kappa shape index (κ2) is 5.77. The van der Waals surface area contributed by atoms with Gasteiger partial charge in [-0.05, 0) is 58.4 Å². The molecule has 0 radical (unpaired) electrons. The molecule has 0 aromatic carbocycles. The number of hydrogen-bond acceptors (Lipinski definition) is 3. The first kappa shape index (κ1) is 15.1. The molecule has 1 aliphatic heterocycles. The summed E-state index contributed by atoms with van der Waals surface area (Å²) in [4.78, 5) is 2.63. The largest absolute Gasteiger partial charge is 0.465 e. The molecule has 1 aromatic rings. The number of fused-ring (bicyclic) bond motifs is 1. The van der Waals surface area contributed by atoms with Crippen LogP contribution in [0.2, 0.25) is 0 Å². The van der Waals surface area contributed by atoms with E-state index in [1.54, 1.807) is 0 Å². The van der Waals surface area contributed by atoms with Gasteiger partial charge in [-0.3, -0.25) is 4.90 Å². The maximum atomic E-state index is 5.93. The van der Waals surface area contributed by atoms with Crippen molar-refractivity contribution in [2.75, 3.05) is 13.1 Å². The van der Waals surface area contributed by atoms with Gasteiger partial charge in [0.25, 0.3) is 0 Å². The average Bonchev–Trinajstić information content (AvgIpc) is 3.02. The molecular formula is C18H30N2O. The van der Waals surface area contributed by atoms with Crippen molar-refractivity contribution in [2.45, 2.75) is 65.6 Å². The van der Waals surface area contributed by atoms with Gasteiger partial charge in [-0.1, -0.05) is 6.42 Å². The zero-order valence-corrected chi connectivity index (χ0v) is 14.0. The molecule has 3 heteroatoms. The Morgan fingerprint density at radius 3 is 2.52 bits per heavy atom. The quantitative estimate of drug-likeness (QED) is 0.916. The van der Waals surface area contributed by atoms with E-state index in [9.17, 15) is 0 Å². The summed E-state index contributed by atoms with van der Waals surface area (Å²) in [6, 6.07) is 2.25. The van der Waals surface area contributed by atoms with Gasteiger partial charge < -0.3 is 9.73 Å². The molecule has 1 aromatic heterocycles. The zero-order valence-electron chi connectivity index (χ0n) is 14.0. The number of nitrogens with one attached hydrogen (secondary N) is 1. The van der Waals surface area contributed by atoms with Crippen LogP contribution in [-0.2, 0) is 13.1 Å². The molecule has 2 heterocycles. The van der Waals surface area contributed by atoms with Crippen LogP contribution in [0.3, 0.4) is 0 Å². The van der Waals surface area contributed by atoms with Crippen LogP contribution >= 0.6 is 0 Å². The van der Waals surface area contributed by atoms with E-state index in [4.69, 9.17) is 4.42 Å². The highest BCUT2D eigenvalue weighted by molar-refractivity contribution is 5.21. The van der Waals surface area contributed by atoms with Crippen molar-refractivity contribution >= 4 is 0 Å². The molecule has 2 fully saturated rings. The summed E-state index contributed by atoms with van der Waals surface area (Å²) >= 11 is 0. The summed E-state index contributed by atoms with van der Waals surface area (Å²) in [6.45, 7) is 13.1. The average molecular weight is 290 g/mol.